The van der Waals surface area contributed by atoms with Gasteiger partial charge in [-0.15, -0.1) is 0 Å². The summed E-state index contributed by atoms with van der Waals surface area (Å²) in [5.41, 5.74) is 1.01. The Balaban J connectivity index is 2.44. The lowest BCUT2D eigenvalue weighted by molar-refractivity contribution is -0.132. The van der Waals surface area contributed by atoms with Gasteiger partial charge in [0.2, 0.25) is 0 Å². The summed E-state index contributed by atoms with van der Waals surface area (Å²) in [6, 6.07) is 14.6. The van der Waals surface area contributed by atoms with Crippen LogP contribution in [-0.4, -0.2) is 18.2 Å². The molecular weight excluding hydrogens is 374 g/mol. The van der Waals surface area contributed by atoms with Crippen molar-refractivity contribution in [3.63, 3.8) is 0 Å². The number of methoxy groups -OCH3 is 1. The maximum Gasteiger partial charge on any atom is 0.346 e. The second-order valence-electron chi connectivity index (χ2n) is 4.78. The van der Waals surface area contributed by atoms with Gasteiger partial charge in [-0.05, 0) is 23.8 Å². The Morgan fingerprint density at radius 3 is 2.62 bits per heavy atom. The lowest BCUT2D eigenvalue weighted by Gasteiger charge is -2.14. The molecule has 122 valence electrons. The van der Waals surface area contributed by atoms with Crippen LogP contribution in [0.3, 0.4) is 0 Å². The molecule has 0 unspecified atom stereocenters. The molecule has 1 N–H and O–H groups in total. The van der Waals surface area contributed by atoms with Gasteiger partial charge in [-0.1, -0.05) is 46.3 Å². The van der Waals surface area contributed by atoms with Crippen molar-refractivity contribution in [2.24, 2.45) is 0 Å². The molecule has 0 fully saturated rings. The van der Waals surface area contributed by atoms with Gasteiger partial charge in [0, 0.05) is 10.0 Å². The predicted octanol–water partition coefficient (Wildman–Crippen LogP) is 4.03. The Kier molecular flexibility index (Phi) is 5.99. The van der Waals surface area contributed by atoms with Gasteiger partial charge in [-0.2, -0.15) is 5.26 Å². The summed E-state index contributed by atoms with van der Waals surface area (Å²) in [6.45, 7) is 0.286. The van der Waals surface area contributed by atoms with Crippen molar-refractivity contribution in [3.05, 3.63) is 63.6 Å². The summed E-state index contributed by atoms with van der Waals surface area (Å²) in [7, 11) is 1.49. The number of nitrogens with zero attached hydrogens (tertiary/aromatic N) is 1. The fourth-order valence-corrected chi connectivity index (χ4v) is 2.48. The van der Waals surface area contributed by atoms with Crippen LogP contribution < -0.4 is 9.47 Å². The third-order valence-electron chi connectivity index (χ3n) is 3.14. The van der Waals surface area contributed by atoms with Crippen molar-refractivity contribution in [2.75, 3.05) is 7.11 Å². The molecule has 0 saturated heterocycles. The largest absolute Gasteiger partial charge is 0.493 e. The van der Waals surface area contributed by atoms with Crippen LogP contribution in [-0.2, 0) is 11.4 Å². The molecule has 0 bridgehead atoms. The number of rotatable bonds is 6. The zero-order chi connectivity index (χ0) is 17.5. The molecule has 0 amide bonds. The number of carbonyl (C=O) groups is 1. The van der Waals surface area contributed by atoms with E-state index in [4.69, 9.17) is 19.8 Å². The number of carboxylic acids is 1. The fraction of sp³-hybridized carbons (Fsp3) is 0.111. The first-order valence-corrected chi connectivity index (χ1v) is 7.73. The zero-order valence-corrected chi connectivity index (χ0v) is 14.4. The van der Waals surface area contributed by atoms with Crippen LogP contribution in [0.25, 0.3) is 6.08 Å². The van der Waals surface area contributed by atoms with E-state index in [-0.39, 0.29) is 12.2 Å². The zero-order valence-electron chi connectivity index (χ0n) is 12.8. The highest BCUT2D eigenvalue weighted by Crippen LogP contribution is 2.36. The van der Waals surface area contributed by atoms with E-state index in [1.807, 2.05) is 30.3 Å². The van der Waals surface area contributed by atoms with Crippen molar-refractivity contribution in [2.45, 2.75) is 6.61 Å². The van der Waals surface area contributed by atoms with Crippen LogP contribution in [0.1, 0.15) is 11.1 Å². The third kappa shape index (κ3) is 4.37. The molecule has 0 aromatic heterocycles. The Morgan fingerprint density at radius 2 is 2.04 bits per heavy atom. The summed E-state index contributed by atoms with van der Waals surface area (Å²) < 4.78 is 11.8. The van der Waals surface area contributed by atoms with E-state index in [0.717, 1.165) is 5.56 Å². The highest BCUT2D eigenvalue weighted by Gasteiger charge is 2.15. The average molecular weight is 388 g/mol. The van der Waals surface area contributed by atoms with E-state index in [2.05, 4.69) is 15.9 Å². The molecule has 2 rings (SSSR count). The number of carboxylic acid groups (broad SMARTS) is 1. The molecule has 0 aliphatic rings. The van der Waals surface area contributed by atoms with Crippen LogP contribution in [0.15, 0.2) is 52.5 Å². The predicted molar refractivity (Wildman–Crippen MR) is 92.7 cm³/mol. The van der Waals surface area contributed by atoms with Crippen LogP contribution in [0, 0.1) is 11.3 Å². The van der Waals surface area contributed by atoms with Gasteiger partial charge in [0.05, 0.1) is 7.11 Å². The Hall–Kier alpha value is -2.78. The number of halogens is 1. The van der Waals surface area contributed by atoms with Crippen LogP contribution in [0.2, 0.25) is 0 Å². The van der Waals surface area contributed by atoms with Crippen LogP contribution >= 0.6 is 15.9 Å². The maximum absolute atomic E-state index is 11.1. The lowest BCUT2D eigenvalue weighted by atomic mass is 10.1. The topological polar surface area (TPSA) is 79.5 Å². The van der Waals surface area contributed by atoms with Gasteiger partial charge >= 0.3 is 5.97 Å². The SMILES string of the molecule is COc1cc(Br)cc(C=C(C#N)C(=O)O)c1OCc1ccccc1. The molecule has 0 saturated carbocycles. The van der Waals surface area contributed by atoms with Gasteiger partial charge in [0.1, 0.15) is 18.2 Å². The van der Waals surface area contributed by atoms with Crippen LogP contribution in [0.4, 0.5) is 0 Å². The quantitative estimate of drug-likeness (QED) is 0.597. The molecule has 0 radical (unpaired) electrons. The summed E-state index contributed by atoms with van der Waals surface area (Å²) in [5.74, 6) is -0.488. The number of benzene rings is 2. The third-order valence-corrected chi connectivity index (χ3v) is 3.60. The minimum atomic E-state index is -1.30. The van der Waals surface area contributed by atoms with Gasteiger partial charge in [-0.3, -0.25) is 0 Å². The first-order chi connectivity index (χ1) is 11.5. The average Bonchev–Trinajstić information content (AvgIpc) is 2.58. The summed E-state index contributed by atoms with van der Waals surface area (Å²) in [6.07, 6.45) is 1.26. The Bertz CT molecular complexity index is 810. The second-order valence-corrected chi connectivity index (χ2v) is 5.69. The van der Waals surface area contributed by atoms with E-state index in [1.54, 1.807) is 18.2 Å². The molecule has 24 heavy (non-hydrogen) atoms. The monoisotopic (exact) mass is 387 g/mol. The van der Waals surface area contributed by atoms with Gasteiger partial charge < -0.3 is 14.6 Å². The van der Waals surface area contributed by atoms with Crippen molar-refractivity contribution in [1.29, 1.82) is 5.26 Å². The minimum absolute atomic E-state index is 0.286. The Labute approximate surface area is 147 Å². The number of aliphatic carboxylic acids is 1. The molecule has 2 aromatic carbocycles. The van der Waals surface area contributed by atoms with Gasteiger partial charge in [0.15, 0.2) is 11.5 Å². The number of nitriles is 1. The van der Waals surface area contributed by atoms with Crippen LogP contribution in [0.5, 0.6) is 11.5 Å². The van der Waals surface area contributed by atoms with E-state index < -0.39 is 5.97 Å². The highest BCUT2D eigenvalue weighted by atomic mass is 79.9. The standard InChI is InChI=1S/C18H14BrNO4/c1-23-16-9-15(19)8-13(7-14(10-20)18(21)22)17(16)24-11-12-5-3-2-4-6-12/h2-9H,11H2,1H3,(H,21,22). The first-order valence-electron chi connectivity index (χ1n) is 6.94. The summed E-state index contributed by atoms with van der Waals surface area (Å²) in [5, 5.41) is 18.0. The summed E-state index contributed by atoms with van der Waals surface area (Å²) >= 11 is 3.34. The lowest BCUT2D eigenvalue weighted by Crippen LogP contribution is -2.02. The molecule has 0 aliphatic heterocycles. The molecule has 5 nitrogen and oxygen atoms in total. The molecular formula is C18H14BrNO4. The summed E-state index contributed by atoms with van der Waals surface area (Å²) in [4.78, 5) is 11.1. The molecule has 0 heterocycles. The molecule has 2 aromatic rings. The van der Waals surface area contributed by atoms with E-state index in [1.165, 1.54) is 13.2 Å². The molecule has 0 spiro atoms. The Morgan fingerprint density at radius 1 is 1.33 bits per heavy atom. The highest BCUT2D eigenvalue weighted by molar-refractivity contribution is 9.10. The normalized spacial score (nSPS) is 10.8. The van der Waals surface area contributed by atoms with Crippen molar-refractivity contribution < 1.29 is 19.4 Å². The maximum atomic E-state index is 11.1. The van der Waals surface area contributed by atoms with Crippen molar-refractivity contribution in [3.8, 4) is 17.6 Å². The van der Waals surface area contributed by atoms with E-state index >= 15 is 0 Å². The van der Waals surface area contributed by atoms with Crippen molar-refractivity contribution >= 4 is 28.0 Å². The smallest absolute Gasteiger partial charge is 0.346 e. The van der Waals surface area contributed by atoms with Crippen molar-refractivity contribution in [1.82, 2.24) is 0 Å². The minimum Gasteiger partial charge on any atom is -0.493 e. The fourth-order valence-electron chi connectivity index (χ4n) is 2.03. The molecule has 6 heteroatoms. The molecule has 0 aliphatic carbocycles. The first kappa shape index (κ1) is 17.6. The number of hydrogen-bond acceptors (Lipinski definition) is 4. The number of hydrogen-bond donors (Lipinski definition) is 1. The molecule has 0 atom stereocenters. The van der Waals surface area contributed by atoms with E-state index in [0.29, 0.717) is 21.5 Å². The second kappa shape index (κ2) is 8.18. The number of ether oxygens (including phenoxy) is 2. The van der Waals surface area contributed by atoms with Gasteiger partial charge in [0.25, 0.3) is 0 Å². The van der Waals surface area contributed by atoms with E-state index in [9.17, 15) is 4.79 Å². The van der Waals surface area contributed by atoms with Gasteiger partial charge in [-0.25, -0.2) is 4.79 Å².